The van der Waals surface area contributed by atoms with Gasteiger partial charge in [-0.2, -0.15) is 0 Å². The maximum Gasteiger partial charge on any atom is 0.185 e. The fourth-order valence-electron chi connectivity index (χ4n) is 0.754. The molecule has 0 fully saturated rings. The van der Waals surface area contributed by atoms with E-state index in [1.165, 1.54) is 11.3 Å². The van der Waals surface area contributed by atoms with E-state index in [-0.39, 0.29) is 6.54 Å². The van der Waals surface area contributed by atoms with Crippen molar-refractivity contribution in [2.45, 2.75) is 6.10 Å². The van der Waals surface area contributed by atoms with Gasteiger partial charge in [0.05, 0.1) is 4.88 Å². The Kier molecular flexibility index (Phi) is 3.02. The van der Waals surface area contributed by atoms with E-state index in [1.54, 1.807) is 6.20 Å². The van der Waals surface area contributed by atoms with E-state index in [2.05, 4.69) is 4.98 Å². The summed E-state index contributed by atoms with van der Waals surface area (Å²) in [5, 5.41) is 10.2. The zero-order valence-electron chi connectivity index (χ0n) is 7.19. The van der Waals surface area contributed by atoms with E-state index in [9.17, 15) is 5.11 Å². The highest BCUT2D eigenvalue weighted by Crippen LogP contribution is 2.24. The maximum atomic E-state index is 9.35. The Morgan fingerprint density at radius 2 is 2.42 bits per heavy atom. The van der Waals surface area contributed by atoms with Crippen LogP contribution in [0.5, 0.6) is 0 Å². The van der Waals surface area contributed by atoms with Crippen molar-refractivity contribution in [3.63, 3.8) is 0 Å². The van der Waals surface area contributed by atoms with Crippen LogP contribution < -0.4 is 10.6 Å². The Morgan fingerprint density at radius 1 is 1.75 bits per heavy atom. The van der Waals surface area contributed by atoms with Gasteiger partial charge in [-0.25, -0.2) is 4.98 Å². The third kappa shape index (κ3) is 1.94. The van der Waals surface area contributed by atoms with E-state index < -0.39 is 6.10 Å². The monoisotopic (exact) mass is 187 g/mol. The number of thiazole rings is 1. The number of nitrogens with zero attached hydrogens (tertiary/aromatic N) is 2. The zero-order chi connectivity index (χ0) is 9.14. The van der Waals surface area contributed by atoms with E-state index in [0.717, 1.165) is 10.0 Å². The van der Waals surface area contributed by atoms with Crippen molar-refractivity contribution in [1.82, 2.24) is 4.98 Å². The van der Waals surface area contributed by atoms with Crippen molar-refractivity contribution < 1.29 is 5.11 Å². The van der Waals surface area contributed by atoms with Gasteiger partial charge in [0.25, 0.3) is 0 Å². The molecule has 0 bridgehead atoms. The summed E-state index contributed by atoms with van der Waals surface area (Å²) in [6.45, 7) is 0.245. The molecule has 1 rings (SSSR count). The number of hydrogen-bond acceptors (Lipinski definition) is 5. The molecule has 4 nitrogen and oxygen atoms in total. The first-order valence-electron chi connectivity index (χ1n) is 3.66. The largest absolute Gasteiger partial charge is 0.386 e. The molecule has 0 spiro atoms. The van der Waals surface area contributed by atoms with Crippen LogP contribution in [0.4, 0.5) is 5.13 Å². The lowest BCUT2D eigenvalue weighted by Crippen LogP contribution is -2.10. The lowest BCUT2D eigenvalue weighted by atomic mass is 10.3. The molecule has 68 valence electrons. The fourth-order valence-corrected chi connectivity index (χ4v) is 1.59. The molecule has 0 saturated carbocycles. The highest BCUT2D eigenvalue weighted by Gasteiger charge is 2.10. The van der Waals surface area contributed by atoms with Crippen molar-refractivity contribution in [2.24, 2.45) is 5.73 Å². The molecule has 3 N–H and O–H groups in total. The summed E-state index contributed by atoms with van der Waals surface area (Å²) in [4.78, 5) is 6.83. The molecule has 5 heteroatoms. The number of aromatic nitrogens is 1. The predicted molar refractivity (Wildman–Crippen MR) is 50.5 cm³/mol. The third-order valence-electron chi connectivity index (χ3n) is 1.45. The molecule has 0 aliphatic carbocycles. The van der Waals surface area contributed by atoms with Crippen LogP contribution in [0.15, 0.2) is 6.20 Å². The van der Waals surface area contributed by atoms with Crippen LogP contribution in [0.25, 0.3) is 0 Å². The van der Waals surface area contributed by atoms with Crippen LogP contribution in [0.1, 0.15) is 11.0 Å². The standard InChI is InChI=1S/C7H13N3OS/c1-10(2)7-9-4-6(12-7)5(11)3-8/h4-5,11H,3,8H2,1-2H3/t5-/m0/s1. The summed E-state index contributed by atoms with van der Waals surface area (Å²) in [7, 11) is 3.83. The number of rotatable bonds is 3. The number of nitrogens with two attached hydrogens (primary N) is 1. The van der Waals surface area contributed by atoms with Crippen LogP contribution in [-0.2, 0) is 0 Å². The molecule has 0 radical (unpaired) electrons. The van der Waals surface area contributed by atoms with Crippen molar-refractivity contribution >= 4 is 16.5 Å². The quantitative estimate of drug-likeness (QED) is 0.709. The molecule has 12 heavy (non-hydrogen) atoms. The van der Waals surface area contributed by atoms with Crippen LogP contribution in [0, 0.1) is 0 Å². The molecule has 0 amide bonds. The minimum absolute atomic E-state index is 0.245. The Balaban J connectivity index is 2.77. The van der Waals surface area contributed by atoms with E-state index in [4.69, 9.17) is 5.73 Å². The van der Waals surface area contributed by atoms with Gasteiger partial charge in [-0.15, -0.1) is 0 Å². The van der Waals surface area contributed by atoms with E-state index >= 15 is 0 Å². The van der Waals surface area contributed by atoms with Crippen LogP contribution in [0.2, 0.25) is 0 Å². The Bertz CT molecular complexity index is 249. The first kappa shape index (κ1) is 9.44. The molecule has 0 saturated heterocycles. The summed E-state index contributed by atoms with van der Waals surface area (Å²) >= 11 is 1.46. The number of aliphatic hydroxyl groups is 1. The molecule has 0 aliphatic rings. The molecular weight excluding hydrogens is 174 g/mol. The second kappa shape index (κ2) is 3.84. The van der Waals surface area contributed by atoms with Crippen LogP contribution in [0.3, 0.4) is 0 Å². The fraction of sp³-hybridized carbons (Fsp3) is 0.571. The molecule has 0 aromatic carbocycles. The molecule has 1 aromatic heterocycles. The highest BCUT2D eigenvalue weighted by molar-refractivity contribution is 7.15. The normalized spacial score (nSPS) is 13.0. The van der Waals surface area contributed by atoms with E-state index in [1.807, 2.05) is 19.0 Å². The summed E-state index contributed by atoms with van der Waals surface area (Å²) in [5.41, 5.74) is 5.30. The van der Waals surface area contributed by atoms with Gasteiger partial charge in [-0.05, 0) is 0 Å². The van der Waals surface area contributed by atoms with Gasteiger partial charge in [-0.3, -0.25) is 0 Å². The van der Waals surface area contributed by atoms with E-state index in [0.29, 0.717) is 0 Å². The third-order valence-corrected chi connectivity index (χ3v) is 2.71. The predicted octanol–water partition coefficient (Wildman–Crippen LogP) is 0.201. The van der Waals surface area contributed by atoms with Gasteiger partial charge in [0.2, 0.25) is 0 Å². The zero-order valence-corrected chi connectivity index (χ0v) is 8.01. The summed E-state index contributed by atoms with van der Waals surface area (Å²) in [6, 6.07) is 0. The average Bonchev–Trinajstić information content (AvgIpc) is 2.51. The maximum absolute atomic E-state index is 9.35. The van der Waals surface area contributed by atoms with Gasteiger partial charge >= 0.3 is 0 Å². The van der Waals surface area contributed by atoms with Gasteiger partial charge in [-0.1, -0.05) is 11.3 Å². The number of hydrogen-bond donors (Lipinski definition) is 2. The first-order valence-corrected chi connectivity index (χ1v) is 4.48. The molecule has 0 aliphatic heterocycles. The van der Waals surface area contributed by atoms with Crippen LogP contribution in [-0.4, -0.2) is 30.7 Å². The topological polar surface area (TPSA) is 62.4 Å². The first-order chi connectivity index (χ1) is 5.65. The molecule has 1 heterocycles. The minimum Gasteiger partial charge on any atom is -0.386 e. The van der Waals surface area contributed by atoms with Gasteiger partial charge in [0.15, 0.2) is 5.13 Å². The SMILES string of the molecule is CN(C)c1ncc([C@@H](O)CN)s1. The highest BCUT2D eigenvalue weighted by atomic mass is 32.1. The van der Waals surface area contributed by atoms with Gasteiger partial charge in [0, 0.05) is 26.8 Å². The van der Waals surface area contributed by atoms with Crippen LogP contribution >= 0.6 is 11.3 Å². The average molecular weight is 187 g/mol. The lowest BCUT2D eigenvalue weighted by molar-refractivity contribution is 0.190. The second-order valence-corrected chi connectivity index (χ2v) is 3.73. The lowest BCUT2D eigenvalue weighted by Gasteiger charge is -2.06. The van der Waals surface area contributed by atoms with Gasteiger partial charge in [0.1, 0.15) is 6.10 Å². The van der Waals surface area contributed by atoms with Crippen molar-refractivity contribution in [1.29, 1.82) is 0 Å². The smallest absolute Gasteiger partial charge is 0.185 e. The van der Waals surface area contributed by atoms with Crippen molar-refractivity contribution in [3.8, 4) is 0 Å². The van der Waals surface area contributed by atoms with Gasteiger partial charge < -0.3 is 15.7 Å². The summed E-state index contributed by atoms with van der Waals surface area (Å²) < 4.78 is 0. The second-order valence-electron chi connectivity index (χ2n) is 2.69. The van der Waals surface area contributed by atoms with Crippen molar-refractivity contribution in [2.75, 3.05) is 25.5 Å². The summed E-state index contributed by atoms with van der Waals surface area (Å²) in [6.07, 6.45) is 1.09. The van der Waals surface area contributed by atoms with Crippen molar-refractivity contribution in [3.05, 3.63) is 11.1 Å². The Morgan fingerprint density at radius 3 is 2.83 bits per heavy atom. The molecular formula is C7H13N3OS. The Hall–Kier alpha value is -0.650. The Labute approximate surface area is 75.6 Å². The summed E-state index contributed by atoms with van der Waals surface area (Å²) in [5.74, 6) is 0. The minimum atomic E-state index is -0.573. The molecule has 1 atom stereocenters. The molecule has 0 unspecified atom stereocenters. The molecule has 1 aromatic rings. The number of aliphatic hydroxyl groups excluding tert-OH is 1. The number of anilines is 1.